The van der Waals surface area contributed by atoms with Gasteiger partial charge in [0.25, 0.3) is 5.91 Å². The molecule has 0 aliphatic carbocycles. The predicted octanol–water partition coefficient (Wildman–Crippen LogP) is 3.26. The third-order valence-electron chi connectivity index (χ3n) is 5.52. The maximum absolute atomic E-state index is 12.9. The van der Waals surface area contributed by atoms with E-state index >= 15 is 0 Å². The molecule has 1 unspecified atom stereocenters. The van der Waals surface area contributed by atoms with E-state index in [4.69, 9.17) is 4.74 Å². The fraction of sp³-hybridized carbons (Fsp3) is 0.200. The Balaban J connectivity index is 1.44. The van der Waals surface area contributed by atoms with E-state index in [0.29, 0.717) is 17.1 Å². The van der Waals surface area contributed by atoms with Gasteiger partial charge in [-0.25, -0.2) is 8.42 Å². The number of ether oxygens (including phenoxy) is 1. The first kappa shape index (κ1) is 23.5. The number of carbonyl (C=O) groups is 2. The number of benzene rings is 3. The highest BCUT2D eigenvalue weighted by Crippen LogP contribution is 2.33. The number of nitrogens with one attached hydrogen (secondary N) is 1. The minimum Gasteiger partial charge on any atom is -0.476 e. The Kier molecular flexibility index (Phi) is 6.67. The number of hydrogen-bond donors (Lipinski definition) is 1. The molecule has 176 valence electrons. The van der Waals surface area contributed by atoms with Gasteiger partial charge in [-0.3, -0.25) is 9.59 Å². The number of amides is 2. The molecule has 8 nitrogen and oxygen atoms in total. The molecule has 1 aliphatic rings. The van der Waals surface area contributed by atoms with E-state index in [0.717, 1.165) is 5.56 Å². The van der Waals surface area contributed by atoms with Crippen molar-refractivity contribution in [3.8, 4) is 5.75 Å². The minimum atomic E-state index is -3.70. The third kappa shape index (κ3) is 4.95. The molecule has 0 aromatic heterocycles. The lowest BCUT2D eigenvalue weighted by atomic mass is 10.1. The summed E-state index contributed by atoms with van der Waals surface area (Å²) in [6.45, 7) is 1.76. The molecule has 0 saturated heterocycles. The van der Waals surface area contributed by atoms with Gasteiger partial charge in [0.15, 0.2) is 6.10 Å². The number of nitrogens with zero attached hydrogens (tertiary/aromatic N) is 2. The Morgan fingerprint density at radius 3 is 2.32 bits per heavy atom. The molecule has 0 spiro atoms. The fourth-order valence-corrected chi connectivity index (χ4v) is 4.87. The average Bonchev–Trinajstić information content (AvgIpc) is 2.84. The van der Waals surface area contributed by atoms with E-state index in [1.165, 1.54) is 47.4 Å². The zero-order valence-corrected chi connectivity index (χ0v) is 19.7. The predicted molar refractivity (Wildman–Crippen MR) is 129 cm³/mol. The summed E-state index contributed by atoms with van der Waals surface area (Å²) in [5.74, 6) is -0.174. The van der Waals surface area contributed by atoms with Gasteiger partial charge in [0.1, 0.15) is 5.75 Å². The molecular weight excluding hydrogens is 454 g/mol. The maximum Gasteiger partial charge on any atom is 0.267 e. The number of anilines is 2. The Bertz CT molecular complexity index is 1290. The van der Waals surface area contributed by atoms with Crippen LogP contribution in [-0.4, -0.2) is 44.2 Å². The second kappa shape index (κ2) is 9.66. The lowest BCUT2D eigenvalue weighted by Gasteiger charge is -2.33. The van der Waals surface area contributed by atoms with Crippen LogP contribution >= 0.6 is 0 Å². The number of hydrogen-bond acceptors (Lipinski definition) is 5. The number of para-hydroxylation sites is 2. The summed E-state index contributed by atoms with van der Waals surface area (Å²) in [5.41, 5.74) is 1.92. The first-order valence-corrected chi connectivity index (χ1v) is 12.1. The van der Waals surface area contributed by atoms with Crippen LogP contribution in [0.1, 0.15) is 12.5 Å². The molecule has 0 fully saturated rings. The van der Waals surface area contributed by atoms with Crippen LogP contribution in [0.3, 0.4) is 0 Å². The van der Waals surface area contributed by atoms with E-state index in [1.54, 1.807) is 24.3 Å². The van der Waals surface area contributed by atoms with Crippen LogP contribution in [-0.2, 0) is 26.2 Å². The lowest BCUT2D eigenvalue weighted by molar-refractivity contribution is -0.123. The van der Waals surface area contributed by atoms with E-state index in [-0.39, 0.29) is 23.9 Å². The van der Waals surface area contributed by atoms with Gasteiger partial charge in [-0.1, -0.05) is 42.5 Å². The average molecular weight is 480 g/mol. The molecule has 34 heavy (non-hydrogen) atoms. The summed E-state index contributed by atoms with van der Waals surface area (Å²) >= 11 is 0. The van der Waals surface area contributed by atoms with E-state index in [2.05, 4.69) is 5.32 Å². The molecule has 9 heteroatoms. The summed E-state index contributed by atoms with van der Waals surface area (Å²) in [5, 5.41) is 2.74. The SMILES string of the molecule is CC(=O)N1CC(C(=O)Nc2ccc(S(=O)(=O)N(C)Cc3ccccc3)cc2)Oc2ccccc21. The Labute approximate surface area is 198 Å². The van der Waals surface area contributed by atoms with Crippen LogP contribution in [0.15, 0.2) is 83.8 Å². The highest BCUT2D eigenvalue weighted by molar-refractivity contribution is 7.89. The van der Waals surface area contributed by atoms with Gasteiger partial charge in [-0.05, 0) is 42.0 Å². The molecule has 0 saturated carbocycles. The van der Waals surface area contributed by atoms with Gasteiger partial charge < -0.3 is 15.0 Å². The van der Waals surface area contributed by atoms with Gasteiger partial charge in [0, 0.05) is 26.2 Å². The molecule has 1 heterocycles. The molecule has 1 N–H and O–H groups in total. The summed E-state index contributed by atoms with van der Waals surface area (Å²) in [6.07, 6.45) is -0.904. The van der Waals surface area contributed by atoms with Crippen molar-refractivity contribution in [3.63, 3.8) is 0 Å². The Morgan fingerprint density at radius 2 is 1.65 bits per heavy atom. The molecule has 0 bridgehead atoms. The number of sulfonamides is 1. The topological polar surface area (TPSA) is 96.0 Å². The van der Waals surface area contributed by atoms with Crippen molar-refractivity contribution < 1.29 is 22.7 Å². The highest BCUT2D eigenvalue weighted by Gasteiger charge is 2.32. The van der Waals surface area contributed by atoms with Crippen molar-refractivity contribution in [1.82, 2.24) is 4.31 Å². The molecule has 3 aromatic carbocycles. The van der Waals surface area contributed by atoms with Crippen LogP contribution in [0.4, 0.5) is 11.4 Å². The molecule has 1 aliphatic heterocycles. The Hall–Kier alpha value is -3.69. The molecule has 3 aromatic rings. The largest absolute Gasteiger partial charge is 0.476 e. The van der Waals surface area contributed by atoms with Gasteiger partial charge >= 0.3 is 0 Å². The highest BCUT2D eigenvalue weighted by atomic mass is 32.2. The second-order valence-electron chi connectivity index (χ2n) is 7.96. The number of fused-ring (bicyclic) bond motifs is 1. The second-order valence-corrected chi connectivity index (χ2v) is 10.0. The minimum absolute atomic E-state index is 0.0783. The van der Waals surface area contributed by atoms with Crippen molar-refractivity contribution in [2.24, 2.45) is 0 Å². The van der Waals surface area contributed by atoms with Crippen molar-refractivity contribution in [1.29, 1.82) is 0 Å². The van der Waals surface area contributed by atoms with E-state index in [1.807, 2.05) is 30.3 Å². The molecule has 2 amide bonds. The normalized spacial score (nSPS) is 15.4. The van der Waals surface area contributed by atoms with Gasteiger partial charge in [-0.2, -0.15) is 4.31 Å². The van der Waals surface area contributed by atoms with Crippen molar-refractivity contribution in [3.05, 3.63) is 84.4 Å². The number of carbonyl (C=O) groups excluding carboxylic acids is 2. The van der Waals surface area contributed by atoms with Crippen molar-refractivity contribution >= 4 is 33.2 Å². The quantitative estimate of drug-likeness (QED) is 0.586. The standard InChI is InChI=1S/C25H25N3O5S/c1-18(29)28-17-24(33-23-11-7-6-10-22(23)28)25(30)26-20-12-14-21(15-13-20)34(31,32)27(2)16-19-8-4-3-5-9-19/h3-15,24H,16-17H2,1-2H3,(H,26,30). The monoisotopic (exact) mass is 479 g/mol. The first-order chi connectivity index (χ1) is 16.3. The van der Waals surface area contributed by atoms with Gasteiger partial charge in [0.05, 0.1) is 17.1 Å². The molecule has 0 radical (unpaired) electrons. The first-order valence-electron chi connectivity index (χ1n) is 10.7. The summed E-state index contributed by atoms with van der Waals surface area (Å²) in [4.78, 5) is 26.5. The van der Waals surface area contributed by atoms with Gasteiger partial charge in [0.2, 0.25) is 15.9 Å². The lowest BCUT2D eigenvalue weighted by Crippen LogP contribution is -2.48. The Morgan fingerprint density at radius 1 is 1.00 bits per heavy atom. The van der Waals surface area contributed by atoms with Crippen LogP contribution in [0.25, 0.3) is 0 Å². The fourth-order valence-electron chi connectivity index (χ4n) is 3.71. The smallest absolute Gasteiger partial charge is 0.267 e. The zero-order valence-electron chi connectivity index (χ0n) is 18.8. The third-order valence-corrected chi connectivity index (χ3v) is 7.34. The van der Waals surface area contributed by atoms with Crippen LogP contribution < -0.4 is 15.0 Å². The van der Waals surface area contributed by atoms with Crippen LogP contribution in [0, 0.1) is 0 Å². The number of rotatable bonds is 6. The van der Waals surface area contributed by atoms with Crippen molar-refractivity contribution in [2.75, 3.05) is 23.8 Å². The zero-order chi connectivity index (χ0) is 24.3. The van der Waals surface area contributed by atoms with E-state index in [9.17, 15) is 18.0 Å². The van der Waals surface area contributed by atoms with Crippen molar-refractivity contribution in [2.45, 2.75) is 24.5 Å². The summed E-state index contributed by atoms with van der Waals surface area (Å²) < 4.78 is 32.9. The van der Waals surface area contributed by atoms with Crippen LogP contribution in [0.2, 0.25) is 0 Å². The summed E-state index contributed by atoms with van der Waals surface area (Å²) in [7, 11) is -2.18. The van der Waals surface area contributed by atoms with Crippen LogP contribution in [0.5, 0.6) is 5.75 Å². The van der Waals surface area contributed by atoms with E-state index < -0.39 is 22.0 Å². The summed E-state index contributed by atoms with van der Waals surface area (Å²) in [6, 6.07) is 22.3. The molecule has 4 rings (SSSR count). The maximum atomic E-state index is 12.9. The molecular formula is C25H25N3O5S. The van der Waals surface area contributed by atoms with Gasteiger partial charge in [-0.15, -0.1) is 0 Å². The molecule has 1 atom stereocenters.